The van der Waals surface area contributed by atoms with E-state index in [2.05, 4.69) is 39.3 Å². The molecule has 0 spiro atoms. The number of amides is 2. The summed E-state index contributed by atoms with van der Waals surface area (Å²) in [6, 6.07) is 15.1. The largest absolute Gasteiger partial charge is 0.491 e. The van der Waals surface area contributed by atoms with Gasteiger partial charge in [-0.2, -0.15) is 4.18 Å². The van der Waals surface area contributed by atoms with E-state index < -0.39 is 6.09 Å². The number of alkyl carbamates (subject to hydrolysis) is 1. The second-order valence-corrected chi connectivity index (χ2v) is 13.6. The zero-order valence-corrected chi connectivity index (χ0v) is 24.2. The van der Waals surface area contributed by atoms with E-state index in [-0.39, 0.29) is 46.4 Å². The van der Waals surface area contributed by atoms with E-state index in [1.165, 1.54) is 0 Å². The van der Waals surface area contributed by atoms with E-state index in [4.69, 9.17) is 13.7 Å². The summed E-state index contributed by atoms with van der Waals surface area (Å²) in [7, 11) is 0. The first-order valence-electron chi connectivity index (χ1n) is 13.4. The molecule has 0 radical (unpaired) electrons. The molecule has 1 aliphatic heterocycles. The fraction of sp³-hybridized carbons (Fsp3) is 0.533. The summed E-state index contributed by atoms with van der Waals surface area (Å²) in [5.74, 6) is 1.14. The van der Waals surface area contributed by atoms with Crippen LogP contribution in [0.5, 0.6) is 5.75 Å². The van der Waals surface area contributed by atoms with Crippen LogP contribution in [0.25, 0.3) is 0 Å². The lowest BCUT2D eigenvalue weighted by Gasteiger charge is -2.45. The maximum Gasteiger partial charge on any atom is 0.407 e. The summed E-state index contributed by atoms with van der Waals surface area (Å²) in [5.41, 5.74) is 2.62. The van der Waals surface area contributed by atoms with Crippen LogP contribution in [-0.4, -0.2) is 42.3 Å². The minimum Gasteiger partial charge on any atom is -0.491 e. The summed E-state index contributed by atoms with van der Waals surface area (Å²) < 4.78 is 17.7. The lowest BCUT2D eigenvalue weighted by atomic mass is 9.80. The van der Waals surface area contributed by atoms with Crippen molar-refractivity contribution in [1.82, 2.24) is 5.32 Å². The van der Waals surface area contributed by atoms with E-state index in [0.29, 0.717) is 24.9 Å². The number of rotatable bonds is 9. The smallest absolute Gasteiger partial charge is 0.407 e. The molecule has 4 atom stereocenters. The predicted octanol–water partition coefficient (Wildman–Crippen LogP) is 5.79. The molecular weight excluding hydrogens is 500 g/mol. The molecule has 2 aromatic rings. The molecule has 0 aromatic heterocycles. The zero-order valence-electron chi connectivity index (χ0n) is 23.4. The Morgan fingerprint density at radius 2 is 1.79 bits per heavy atom. The van der Waals surface area contributed by atoms with E-state index in [9.17, 15) is 9.59 Å². The van der Waals surface area contributed by atoms with Gasteiger partial charge in [0, 0.05) is 30.1 Å². The third-order valence-electron chi connectivity index (χ3n) is 7.36. The van der Waals surface area contributed by atoms with Crippen LogP contribution in [0, 0.1) is 11.8 Å². The average molecular weight is 542 g/mol. The van der Waals surface area contributed by atoms with Gasteiger partial charge in [-0.25, -0.2) is 4.79 Å². The standard InChI is InChI=1S/C30H40N2O5S/c1-20-27(31-29(34)36-19-22-10-8-7-9-11-22)25-18-24(35-16-17-37-38(6)30(3,4)5)14-15-26(25)32(21(2)33)28(20)23-12-13-23/h7-11,14-15,18,20,23,27-28H,12-13,16-17,19H2,1-6H3/p+1/t20-,27-,28-,38?/m1/s1. The van der Waals surface area contributed by atoms with Crippen LogP contribution in [0.2, 0.25) is 0 Å². The molecule has 8 heteroatoms. The molecule has 2 amide bonds. The van der Waals surface area contributed by atoms with Gasteiger partial charge in [-0.15, -0.1) is 0 Å². The molecule has 2 aliphatic rings. The van der Waals surface area contributed by atoms with Gasteiger partial charge in [0.1, 0.15) is 43.0 Å². The highest BCUT2D eigenvalue weighted by molar-refractivity contribution is 7.93. The highest BCUT2D eigenvalue weighted by Gasteiger charge is 2.48. The number of nitrogens with zero attached hydrogens (tertiary/aromatic N) is 1. The molecule has 206 valence electrons. The van der Waals surface area contributed by atoms with E-state index in [1.807, 2.05) is 53.4 Å². The molecule has 1 aliphatic carbocycles. The lowest BCUT2D eigenvalue weighted by Crippen LogP contribution is -2.53. The van der Waals surface area contributed by atoms with Gasteiger partial charge in [-0.3, -0.25) is 4.79 Å². The molecule has 0 bridgehead atoms. The Kier molecular flexibility index (Phi) is 8.93. The Balaban J connectivity index is 1.52. The Bertz CT molecular complexity index is 1120. The van der Waals surface area contributed by atoms with Gasteiger partial charge in [0.2, 0.25) is 5.91 Å². The number of fused-ring (bicyclic) bond motifs is 1. The van der Waals surface area contributed by atoms with Gasteiger partial charge < -0.3 is 19.7 Å². The first kappa shape index (κ1) is 28.3. The fourth-order valence-electron chi connectivity index (χ4n) is 5.02. The van der Waals surface area contributed by atoms with Crippen molar-refractivity contribution in [3.05, 3.63) is 59.7 Å². The molecular formula is C30H41N2O5S+. The minimum atomic E-state index is -0.473. The van der Waals surface area contributed by atoms with Gasteiger partial charge >= 0.3 is 6.09 Å². The van der Waals surface area contributed by atoms with Gasteiger partial charge in [0.25, 0.3) is 0 Å². The number of nitrogens with one attached hydrogen (secondary N) is 1. The summed E-state index contributed by atoms with van der Waals surface area (Å²) in [5, 5.41) is 3.11. The van der Waals surface area contributed by atoms with Crippen LogP contribution >= 0.6 is 0 Å². The summed E-state index contributed by atoms with van der Waals surface area (Å²) in [4.78, 5) is 27.7. The van der Waals surface area contributed by atoms with Gasteiger partial charge in [-0.05, 0) is 63.3 Å². The summed E-state index contributed by atoms with van der Waals surface area (Å²) in [6.45, 7) is 11.3. The second-order valence-electron chi connectivity index (χ2n) is 11.2. The molecule has 1 fully saturated rings. The van der Waals surface area contributed by atoms with E-state index in [0.717, 1.165) is 29.7 Å². The number of anilines is 1. The third kappa shape index (κ3) is 6.83. The maximum absolute atomic E-state index is 12.9. The minimum absolute atomic E-state index is 0.00981. The molecule has 0 saturated heterocycles. The molecule has 4 rings (SSSR count). The lowest BCUT2D eigenvalue weighted by molar-refractivity contribution is -0.117. The van der Waals surface area contributed by atoms with Crippen LogP contribution in [0.1, 0.15) is 64.6 Å². The van der Waals surface area contributed by atoms with Crippen molar-refractivity contribution in [3.63, 3.8) is 0 Å². The van der Waals surface area contributed by atoms with Crippen molar-refractivity contribution in [2.75, 3.05) is 24.4 Å². The van der Waals surface area contributed by atoms with Gasteiger partial charge in [-0.1, -0.05) is 37.3 Å². The fourth-order valence-corrected chi connectivity index (χ4v) is 5.69. The van der Waals surface area contributed by atoms with E-state index >= 15 is 0 Å². The molecule has 1 saturated carbocycles. The van der Waals surface area contributed by atoms with Crippen molar-refractivity contribution in [1.29, 1.82) is 0 Å². The molecule has 7 nitrogen and oxygen atoms in total. The summed E-state index contributed by atoms with van der Waals surface area (Å²) >= 11 is -0.179. The number of carbonyl (C=O) groups is 2. The molecule has 1 N–H and O–H groups in total. The number of ether oxygens (including phenoxy) is 2. The van der Waals surface area contributed by atoms with Crippen molar-refractivity contribution >= 4 is 28.9 Å². The van der Waals surface area contributed by atoms with Crippen LogP contribution in [-0.2, 0) is 31.5 Å². The molecule has 1 unspecified atom stereocenters. The normalized spacial score (nSPS) is 21.8. The molecule has 1 heterocycles. The average Bonchev–Trinajstić information content (AvgIpc) is 3.71. The van der Waals surface area contributed by atoms with Crippen LogP contribution in [0.3, 0.4) is 0 Å². The summed E-state index contributed by atoms with van der Waals surface area (Å²) in [6.07, 6.45) is 3.81. The maximum atomic E-state index is 12.9. The van der Waals surface area contributed by atoms with Crippen molar-refractivity contribution < 1.29 is 23.2 Å². The SMILES string of the molecule is CC(=O)N1c2ccc(OCCO[S+](C)C(C)(C)C)cc2[C@H](NC(=O)OCc2ccccc2)[C@@H](C)[C@@H]1C1CC1. The Labute approximate surface area is 229 Å². The number of hydrogen-bond acceptors (Lipinski definition) is 5. The number of benzene rings is 2. The Morgan fingerprint density at radius 1 is 1.08 bits per heavy atom. The van der Waals surface area contributed by atoms with Crippen molar-refractivity contribution in [2.24, 2.45) is 11.8 Å². The Hall–Kier alpha value is -2.71. The highest BCUT2D eigenvalue weighted by Crippen LogP contribution is 2.49. The first-order chi connectivity index (χ1) is 18.1. The monoisotopic (exact) mass is 541 g/mol. The van der Waals surface area contributed by atoms with Gasteiger partial charge in [0.15, 0.2) is 4.75 Å². The van der Waals surface area contributed by atoms with Crippen LogP contribution < -0.4 is 15.0 Å². The predicted molar refractivity (Wildman–Crippen MR) is 152 cm³/mol. The zero-order chi connectivity index (χ0) is 27.4. The Morgan fingerprint density at radius 3 is 2.42 bits per heavy atom. The topological polar surface area (TPSA) is 77.1 Å². The first-order valence-corrected chi connectivity index (χ1v) is 14.9. The van der Waals surface area contributed by atoms with Crippen LogP contribution in [0.15, 0.2) is 48.5 Å². The quantitative estimate of drug-likeness (QED) is 0.321. The number of hydrogen-bond donors (Lipinski definition) is 1. The highest BCUT2D eigenvalue weighted by atomic mass is 32.2. The third-order valence-corrected chi connectivity index (χ3v) is 9.61. The second kappa shape index (κ2) is 12.0. The molecule has 2 aromatic carbocycles. The van der Waals surface area contributed by atoms with Crippen molar-refractivity contribution in [2.45, 2.75) is 70.9 Å². The van der Waals surface area contributed by atoms with Crippen molar-refractivity contribution in [3.8, 4) is 5.75 Å². The number of carbonyl (C=O) groups excluding carboxylic acids is 2. The molecule has 38 heavy (non-hydrogen) atoms. The van der Waals surface area contributed by atoms with Crippen LogP contribution in [0.4, 0.5) is 10.5 Å². The van der Waals surface area contributed by atoms with E-state index in [1.54, 1.807) is 6.92 Å². The van der Waals surface area contributed by atoms with Gasteiger partial charge in [0.05, 0.1) is 6.04 Å².